The number of rotatable bonds is 6. The van der Waals surface area contributed by atoms with E-state index >= 15 is 0 Å². The van der Waals surface area contributed by atoms with Crippen molar-refractivity contribution >= 4 is 23.3 Å². The van der Waals surface area contributed by atoms with E-state index in [0.29, 0.717) is 11.0 Å². The van der Waals surface area contributed by atoms with Crippen LogP contribution in [-0.4, -0.2) is 21.4 Å². The first kappa shape index (κ1) is 13.3. The highest BCUT2D eigenvalue weighted by atomic mass is 32.2. The molecule has 2 aromatic rings. The summed E-state index contributed by atoms with van der Waals surface area (Å²) < 4.78 is 5.06. The zero-order chi connectivity index (χ0) is 13.7. The lowest BCUT2D eigenvalue weighted by atomic mass is 10.4. The van der Waals surface area contributed by atoms with Crippen LogP contribution in [0.5, 0.6) is 0 Å². The highest BCUT2D eigenvalue weighted by molar-refractivity contribution is 7.99. The molecule has 19 heavy (non-hydrogen) atoms. The molecule has 0 aromatic carbocycles. The molecule has 1 N–H and O–H groups in total. The topological polar surface area (TPSA) is 94.1 Å². The van der Waals surface area contributed by atoms with Gasteiger partial charge in [-0.05, 0) is 24.2 Å². The number of nitrogens with zero attached hydrogens (tertiary/aromatic N) is 3. The van der Waals surface area contributed by atoms with Crippen LogP contribution in [0.4, 0.5) is 11.5 Å². The molecule has 8 heteroatoms. The lowest BCUT2D eigenvalue weighted by Gasteiger charge is -2.05. The van der Waals surface area contributed by atoms with Crippen LogP contribution in [0.1, 0.15) is 13.3 Å². The Morgan fingerprint density at radius 3 is 3.00 bits per heavy atom. The Hall–Kier alpha value is -2.09. The highest BCUT2D eigenvalue weighted by Crippen LogP contribution is 2.33. The van der Waals surface area contributed by atoms with Crippen molar-refractivity contribution in [1.29, 1.82) is 0 Å². The highest BCUT2D eigenvalue weighted by Gasteiger charge is 2.18. The van der Waals surface area contributed by atoms with Crippen molar-refractivity contribution in [1.82, 2.24) is 9.97 Å². The Morgan fingerprint density at radius 1 is 1.53 bits per heavy atom. The van der Waals surface area contributed by atoms with Gasteiger partial charge in [0.1, 0.15) is 12.1 Å². The van der Waals surface area contributed by atoms with Gasteiger partial charge in [0.2, 0.25) is 0 Å². The van der Waals surface area contributed by atoms with Gasteiger partial charge in [0.15, 0.2) is 5.03 Å². The number of pyridine rings is 1. The molecule has 0 saturated carbocycles. The summed E-state index contributed by atoms with van der Waals surface area (Å²) in [6.07, 6.45) is 3.83. The van der Waals surface area contributed by atoms with Crippen molar-refractivity contribution in [2.24, 2.45) is 0 Å². The Morgan fingerprint density at radius 2 is 2.37 bits per heavy atom. The molecule has 2 rings (SSSR count). The van der Waals surface area contributed by atoms with Crippen LogP contribution >= 0.6 is 11.8 Å². The quantitative estimate of drug-likeness (QED) is 0.642. The Labute approximate surface area is 113 Å². The molecule has 0 amide bonds. The van der Waals surface area contributed by atoms with Crippen molar-refractivity contribution in [2.75, 3.05) is 11.9 Å². The first-order valence-corrected chi connectivity index (χ1v) is 6.49. The predicted octanol–water partition coefficient (Wildman–Crippen LogP) is 2.95. The lowest BCUT2D eigenvalue weighted by Crippen LogP contribution is -2.03. The first-order valence-electron chi connectivity index (χ1n) is 5.67. The van der Waals surface area contributed by atoms with Crippen LogP contribution in [0.2, 0.25) is 0 Å². The van der Waals surface area contributed by atoms with Gasteiger partial charge >= 0.3 is 5.69 Å². The summed E-state index contributed by atoms with van der Waals surface area (Å²) in [5, 5.41) is 14.6. The van der Waals surface area contributed by atoms with Gasteiger partial charge < -0.3 is 9.73 Å². The number of hydrogen-bond acceptors (Lipinski definition) is 7. The normalized spacial score (nSPS) is 10.4. The predicted molar refractivity (Wildman–Crippen MR) is 70.3 cm³/mol. The third-order valence-electron chi connectivity index (χ3n) is 2.19. The molecule has 7 nitrogen and oxygen atoms in total. The van der Waals surface area contributed by atoms with E-state index in [9.17, 15) is 10.1 Å². The van der Waals surface area contributed by atoms with E-state index in [2.05, 4.69) is 15.3 Å². The van der Waals surface area contributed by atoms with Gasteiger partial charge in [-0.15, -0.1) is 0 Å². The van der Waals surface area contributed by atoms with Gasteiger partial charge in [-0.3, -0.25) is 10.1 Å². The van der Waals surface area contributed by atoms with Crippen LogP contribution in [0.25, 0.3) is 0 Å². The summed E-state index contributed by atoms with van der Waals surface area (Å²) in [6, 6.07) is 3.02. The number of oxazole rings is 1. The SMILES string of the molecule is CCCNc1ccc([N+](=O)[O-])c(Sc2ncco2)n1. The van der Waals surface area contributed by atoms with Crippen molar-refractivity contribution < 1.29 is 9.34 Å². The van der Waals surface area contributed by atoms with Gasteiger partial charge in [0, 0.05) is 12.6 Å². The van der Waals surface area contributed by atoms with Crippen molar-refractivity contribution in [3.8, 4) is 0 Å². The van der Waals surface area contributed by atoms with Gasteiger partial charge in [-0.25, -0.2) is 9.97 Å². The zero-order valence-corrected chi connectivity index (χ0v) is 11.0. The van der Waals surface area contributed by atoms with Gasteiger partial charge in [0.25, 0.3) is 5.22 Å². The number of nitro groups is 1. The molecule has 0 aliphatic carbocycles. The summed E-state index contributed by atoms with van der Waals surface area (Å²) in [5.41, 5.74) is -0.0646. The number of anilines is 1. The molecule has 2 aromatic heterocycles. The summed E-state index contributed by atoms with van der Waals surface area (Å²) in [7, 11) is 0. The van der Waals surface area contributed by atoms with E-state index < -0.39 is 4.92 Å². The fourth-order valence-electron chi connectivity index (χ4n) is 1.34. The van der Waals surface area contributed by atoms with E-state index in [1.807, 2.05) is 6.92 Å². The minimum absolute atomic E-state index is 0.0646. The minimum Gasteiger partial charge on any atom is -0.440 e. The van der Waals surface area contributed by atoms with E-state index in [4.69, 9.17) is 4.42 Å². The molecule has 0 saturated heterocycles. The molecule has 0 fully saturated rings. The summed E-state index contributed by atoms with van der Waals surface area (Å²) in [6.45, 7) is 2.79. The molecule has 100 valence electrons. The Balaban J connectivity index is 2.27. The molecule has 0 atom stereocenters. The average Bonchev–Trinajstić information content (AvgIpc) is 2.89. The molecule has 0 radical (unpaired) electrons. The van der Waals surface area contributed by atoms with Gasteiger partial charge in [-0.1, -0.05) is 6.92 Å². The molecular formula is C11H12N4O3S. The monoisotopic (exact) mass is 280 g/mol. The van der Waals surface area contributed by atoms with Crippen LogP contribution in [-0.2, 0) is 0 Å². The maximum Gasteiger partial charge on any atom is 0.302 e. The number of aromatic nitrogens is 2. The average molecular weight is 280 g/mol. The summed E-state index contributed by atoms with van der Waals surface area (Å²) in [4.78, 5) is 18.6. The van der Waals surface area contributed by atoms with Crippen molar-refractivity contribution in [3.63, 3.8) is 0 Å². The first-order chi connectivity index (χ1) is 9.20. The third-order valence-corrected chi connectivity index (χ3v) is 3.06. The van der Waals surface area contributed by atoms with E-state index in [1.165, 1.54) is 18.5 Å². The summed E-state index contributed by atoms with van der Waals surface area (Å²) in [5.74, 6) is 0.599. The third kappa shape index (κ3) is 3.44. The molecule has 0 unspecified atom stereocenters. The Kier molecular flexibility index (Phi) is 4.35. The number of hydrogen-bond donors (Lipinski definition) is 1. The van der Waals surface area contributed by atoms with Crippen LogP contribution in [0.3, 0.4) is 0 Å². The summed E-state index contributed by atoms with van der Waals surface area (Å²) >= 11 is 1.03. The standard InChI is InChI=1S/C11H12N4O3S/c1-2-5-12-9-4-3-8(15(16)17)10(14-9)19-11-13-6-7-18-11/h3-4,6-7H,2,5H2,1H3,(H,12,14). The van der Waals surface area contributed by atoms with Crippen molar-refractivity contribution in [2.45, 2.75) is 23.6 Å². The molecular weight excluding hydrogens is 268 g/mol. The second kappa shape index (κ2) is 6.19. The maximum atomic E-state index is 11.0. The largest absolute Gasteiger partial charge is 0.440 e. The Bertz CT molecular complexity index is 559. The fourth-order valence-corrected chi connectivity index (χ4v) is 2.12. The van der Waals surface area contributed by atoms with E-state index in [1.54, 1.807) is 6.07 Å². The van der Waals surface area contributed by atoms with E-state index in [0.717, 1.165) is 24.7 Å². The molecule has 0 aliphatic heterocycles. The van der Waals surface area contributed by atoms with Crippen LogP contribution in [0, 0.1) is 10.1 Å². The van der Waals surface area contributed by atoms with Gasteiger partial charge in [-0.2, -0.15) is 0 Å². The smallest absolute Gasteiger partial charge is 0.302 e. The second-order valence-corrected chi connectivity index (χ2v) is 4.54. The lowest BCUT2D eigenvalue weighted by molar-refractivity contribution is -0.388. The molecule has 2 heterocycles. The maximum absolute atomic E-state index is 11.0. The molecule has 0 aliphatic rings. The van der Waals surface area contributed by atoms with Crippen LogP contribution < -0.4 is 5.32 Å². The van der Waals surface area contributed by atoms with Crippen molar-refractivity contribution in [3.05, 3.63) is 34.7 Å². The number of nitrogens with one attached hydrogen (secondary N) is 1. The fraction of sp³-hybridized carbons (Fsp3) is 0.273. The minimum atomic E-state index is -0.470. The molecule has 0 spiro atoms. The van der Waals surface area contributed by atoms with Crippen LogP contribution in [0.15, 0.2) is 39.3 Å². The second-order valence-electron chi connectivity index (χ2n) is 3.60. The molecule has 0 bridgehead atoms. The zero-order valence-electron chi connectivity index (χ0n) is 10.2. The van der Waals surface area contributed by atoms with Gasteiger partial charge in [0.05, 0.1) is 11.1 Å². The van der Waals surface area contributed by atoms with E-state index in [-0.39, 0.29) is 10.7 Å².